The van der Waals surface area contributed by atoms with Gasteiger partial charge in [-0.25, -0.2) is 4.79 Å². The maximum absolute atomic E-state index is 11.5. The van der Waals surface area contributed by atoms with Crippen LogP contribution in [0.1, 0.15) is 21.7 Å². The molecule has 1 aromatic carbocycles. The van der Waals surface area contributed by atoms with Crippen molar-refractivity contribution in [2.24, 2.45) is 0 Å². The lowest BCUT2D eigenvalue weighted by atomic mass is 10.1. The SMILES string of the molecule is CN(Cc1c(C(=O)O)sc2ccccc12)C1CCOC1. The Labute approximate surface area is 121 Å². The Kier molecular flexibility index (Phi) is 3.74. The number of nitrogens with zero attached hydrogens (tertiary/aromatic N) is 1. The monoisotopic (exact) mass is 291 g/mol. The van der Waals surface area contributed by atoms with E-state index in [4.69, 9.17) is 4.74 Å². The Balaban J connectivity index is 1.96. The summed E-state index contributed by atoms with van der Waals surface area (Å²) in [6.45, 7) is 2.19. The number of hydrogen-bond acceptors (Lipinski definition) is 4. The largest absolute Gasteiger partial charge is 0.477 e. The van der Waals surface area contributed by atoms with E-state index in [2.05, 4.69) is 4.90 Å². The second-order valence-electron chi connectivity index (χ2n) is 5.14. The van der Waals surface area contributed by atoms with Crippen molar-refractivity contribution in [2.45, 2.75) is 19.0 Å². The number of hydrogen-bond donors (Lipinski definition) is 1. The van der Waals surface area contributed by atoms with Gasteiger partial charge in [0.15, 0.2) is 0 Å². The van der Waals surface area contributed by atoms with Crippen molar-refractivity contribution < 1.29 is 14.6 Å². The number of rotatable bonds is 4. The highest BCUT2D eigenvalue weighted by molar-refractivity contribution is 7.21. The fraction of sp³-hybridized carbons (Fsp3) is 0.400. The molecule has 0 radical (unpaired) electrons. The first-order valence-electron chi connectivity index (χ1n) is 6.68. The number of ether oxygens (including phenoxy) is 1. The Morgan fingerprint density at radius 1 is 1.50 bits per heavy atom. The molecule has 0 spiro atoms. The van der Waals surface area contributed by atoms with Gasteiger partial charge in [0.2, 0.25) is 0 Å². The molecule has 0 amide bonds. The van der Waals surface area contributed by atoms with Crippen LogP contribution in [-0.4, -0.2) is 42.3 Å². The summed E-state index contributed by atoms with van der Waals surface area (Å²) in [6, 6.07) is 8.28. The number of carboxylic acid groups (broad SMARTS) is 1. The third kappa shape index (κ3) is 2.44. The van der Waals surface area contributed by atoms with Crippen LogP contribution in [0.25, 0.3) is 10.1 Å². The van der Waals surface area contributed by atoms with Crippen molar-refractivity contribution >= 4 is 27.4 Å². The fourth-order valence-corrected chi connectivity index (χ4v) is 3.73. The topological polar surface area (TPSA) is 49.8 Å². The highest BCUT2D eigenvalue weighted by atomic mass is 32.1. The van der Waals surface area contributed by atoms with Crippen molar-refractivity contribution in [1.82, 2.24) is 4.90 Å². The zero-order valence-electron chi connectivity index (χ0n) is 11.3. The highest BCUT2D eigenvalue weighted by Crippen LogP contribution is 2.32. The lowest BCUT2D eigenvalue weighted by molar-refractivity contribution is 0.0700. The predicted octanol–water partition coefficient (Wildman–Crippen LogP) is 2.82. The van der Waals surface area contributed by atoms with Crippen molar-refractivity contribution in [3.05, 3.63) is 34.7 Å². The molecule has 5 heteroatoms. The fourth-order valence-electron chi connectivity index (χ4n) is 2.68. The summed E-state index contributed by atoms with van der Waals surface area (Å²) < 4.78 is 6.45. The minimum Gasteiger partial charge on any atom is -0.477 e. The predicted molar refractivity (Wildman–Crippen MR) is 79.5 cm³/mol. The molecule has 1 aromatic heterocycles. The maximum Gasteiger partial charge on any atom is 0.346 e. The normalized spacial score (nSPS) is 19.0. The zero-order valence-corrected chi connectivity index (χ0v) is 12.2. The van der Waals surface area contributed by atoms with Gasteiger partial charge in [0.25, 0.3) is 0 Å². The van der Waals surface area contributed by atoms with E-state index in [1.165, 1.54) is 11.3 Å². The van der Waals surface area contributed by atoms with E-state index in [0.717, 1.165) is 35.3 Å². The van der Waals surface area contributed by atoms with Crippen LogP contribution in [0.5, 0.6) is 0 Å². The number of carbonyl (C=O) groups is 1. The third-order valence-electron chi connectivity index (χ3n) is 3.83. The Morgan fingerprint density at radius 3 is 3.00 bits per heavy atom. The lowest BCUT2D eigenvalue weighted by Crippen LogP contribution is -2.31. The number of thiophene rings is 1. The minimum atomic E-state index is -0.836. The molecule has 2 aromatic rings. The summed E-state index contributed by atoms with van der Waals surface area (Å²) in [4.78, 5) is 14.1. The smallest absolute Gasteiger partial charge is 0.346 e. The van der Waals surface area contributed by atoms with Crippen LogP contribution in [0.2, 0.25) is 0 Å². The summed E-state index contributed by atoms with van der Waals surface area (Å²) in [7, 11) is 2.04. The molecule has 0 aliphatic carbocycles. The minimum absolute atomic E-state index is 0.385. The number of benzene rings is 1. The second kappa shape index (κ2) is 5.52. The van der Waals surface area contributed by atoms with Gasteiger partial charge in [-0.05, 0) is 30.5 Å². The molecule has 1 aliphatic rings. The van der Waals surface area contributed by atoms with Crippen LogP contribution >= 0.6 is 11.3 Å². The van der Waals surface area contributed by atoms with E-state index in [1.54, 1.807) is 0 Å². The average Bonchev–Trinajstić information content (AvgIpc) is 3.06. The molecule has 106 valence electrons. The second-order valence-corrected chi connectivity index (χ2v) is 6.20. The van der Waals surface area contributed by atoms with Crippen LogP contribution in [0.15, 0.2) is 24.3 Å². The molecule has 1 aliphatic heterocycles. The van der Waals surface area contributed by atoms with Crippen molar-refractivity contribution in [2.75, 3.05) is 20.3 Å². The first-order chi connectivity index (χ1) is 9.66. The maximum atomic E-state index is 11.5. The van der Waals surface area contributed by atoms with Crippen LogP contribution in [0, 0.1) is 0 Å². The van der Waals surface area contributed by atoms with Crippen LogP contribution in [0.4, 0.5) is 0 Å². The first kappa shape index (κ1) is 13.5. The molecule has 1 N–H and O–H groups in total. The summed E-state index contributed by atoms with van der Waals surface area (Å²) in [5.41, 5.74) is 0.924. The first-order valence-corrected chi connectivity index (χ1v) is 7.50. The van der Waals surface area contributed by atoms with E-state index >= 15 is 0 Å². The van der Waals surface area contributed by atoms with Crippen LogP contribution in [-0.2, 0) is 11.3 Å². The molecule has 1 fully saturated rings. The number of carboxylic acids is 1. The van der Waals surface area contributed by atoms with Crippen LogP contribution in [0.3, 0.4) is 0 Å². The standard InChI is InChI=1S/C15H17NO3S/c1-16(10-6-7-19-9-10)8-12-11-4-2-3-5-13(11)20-14(12)15(17)18/h2-5,10H,6-9H2,1H3,(H,17,18). The van der Waals surface area contributed by atoms with Gasteiger partial charge in [0, 0.05) is 23.9 Å². The average molecular weight is 291 g/mol. The van der Waals surface area contributed by atoms with Crippen molar-refractivity contribution in [3.8, 4) is 0 Å². The molecule has 20 heavy (non-hydrogen) atoms. The lowest BCUT2D eigenvalue weighted by Gasteiger charge is -2.22. The van der Waals surface area contributed by atoms with E-state index < -0.39 is 5.97 Å². The molecule has 1 unspecified atom stereocenters. The van der Waals surface area contributed by atoms with E-state index in [0.29, 0.717) is 17.5 Å². The van der Waals surface area contributed by atoms with E-state index in [9.17, 15) is 9.90 Å². The van der Waals surface area contributed by atoms with Gasteiger partial charge >= 0.3 is 5.97 Å². The number of aromatic carboxylic acids is 1. The highest BCUT2D eigenvalue weighted by Gasteiger charge is 2.24. The molecule has 1 saturated heterocycles. The van der Waals surface area contributed by atoms with E-state index in [1.807, 2.05) is 31.3 Å². The Hall–Kier alpha value is -1.43. The van der Waals surface area contributed by atoms with Gasteiger partial charge in [0.05, 0.1) is 6.61 Å². The Bertz CT molecular complexity index is 631. The molecule has 2 heterocycles. The quantitative estimate of drug-likeness (QED) is 0.941. The van der Waals surface area contributed by atoms with Gasteiger partial charge in [0.1, 0.15) is 4.88 Å². The molecular formula is C15H17NO3S. The van der Waals surface area contributed by atoms with Gasteiger partial charge in [-0.15, -0.1) is 11.3 Å². The molecule has 0 saturated carbocycles. The summed E-state index contributed by atoms with van der Waals surface area (Å²) >= 11 is 1.36. The van der Waals surface area contributed by atoms with Gasteiger partial charge in [-0.2, -0.15) is 0 Å². The van der Waals surface area contributed by atoms with Crippen molar-refractivity contribution in [1.29, 1.82) is 0 Å². The summed E-state index contributed by atoms with van der Waals surface area (Å²) in [5.74, 6) is -0.836. The van der Waals surface area contributed by atoms with Crippen LogP contribution < -0.4 is 0 Å². The van der Waals surface area contributed by atoms with E-state index in [-0.39, 0.29) is 0 Å². The number of likely N-dealkylation sites (N-methyl/N-ethyl adjacent to an activating group) is 1. The molecule has 4 nitrogen and oxygen atoms in total. The molecule has 1 atom stereocenters. The third-order valence-corrected chi connectivity index (χ3v) is 5.03. The molecule has 0 bridgehead atoms. The summed E-state index contributed by atoms with van der Waals surface area (Å²) in [5, 5.41) is 10.5. The van der Waals surface area contributed by atoms with Gasteiger partial charge < -0.3 is 9.84 Å². The van der Waals surface area contributed by atoms with Crippen molar-refractivity contribution in [3.63, 3.8) is 0 Å². The summed E-state index contributed by atoms with van der Waals surface area (Å²) in [6.07, 6.45) is 1.01. The molecular weight excluding hydrogens is 274 g/mol. The zero-order chi connectivity index (χ0) is 14.1. The molecule has 3 rings (SSSR count). The van der Waals surface area contributed by atoms with Gasteiger partial charge in [-0.1, -0.05) is 18.2 Å². The number of fused-ring (bicyclic) bond motifs is 1. The Morgan fingerprint density at radius 2 is 2.30 bits per heavy atom. The van der Waals surface area contributed by atoms with Gasteiger partial charge in [-0.3, -0.25) is 4.90 Å².